The monoisotopic (exact) mass is 373 g/mol. The highest BCUT2D eigenvalue weighted by atomic mass is 19.1. The summed E-state index contributed by atoms with van der Waals surface area (Å²) in [6.07, 6.45) is 4.90. The van der Waals surface area contributed by atoms with Gasteiger partial charge in [-0.1, -0.05) is 0 Å². The van der Waals surface area contributed by atoms with Gasteiger partial charge in [-0.05, 0) is 25.0 Å². The van der Waals surface area contributed by atoms with Gasteiger partial charge in [0.15, 0.2) is 23.8 Å². The van der Waals surface area contributed by atoms with Gasteiger partial charge in [-0.25, -0.2) is 18.7 Å². The molecule has 3 aromatic rings. The lowest BCUT2D eigenvalue weighted by Gasteiger charge is -2.32. The molecule has 3 heterocycles. The number of aromatic amines is 1. The minimum atomic E-state index is -0.832. The number of halogens is 2. The Morgan fingerprint density at radius 2 is 2.15 bits per heavy atom. The third-order valence-electron chi connectivity index (χ3n) is 4.64. The second kappa shape index (κ2) is 7.26. The summed E-state index contributed by atoms with van der Waals surface area (Å²) in [5, 5.41) is 7.14. The number of carbonyl (C=O) groups excluding carboxylic acids is 1. The molecule has 0 radical (unpaired) electrons. The van der Waals surface area contributed by atoms with Crippen molar-refractivity contribution < 1.29 is 18.3 Å². The Bertz CT molecular complexity index is 977. The molecule has 0 bridgehead atoms. The highest BCUT2D eigenvalue weighted by Gasteiger charge is 2.28. The molecule has 140 valence electrons. The molecule has 4 rings (SSSR count). The van der Waals surface area contributed by atoms with Gasteiger partial charge < -0.3 is 9.64 Å². The summed E-state index contributed by atoms with van der Waals surface area (Å²) in [6.45, 7) is 0.781. The zero-order chi connectivity index (χ0) is 18.8. The second-order valence-corrected chi connectivity index (χ2v) is 6.41. The Kier molecular flexibility index (Phi) is 4.66. The van der Waals surface area contributed by atoms with Crippen molar-refractivity contribution in [1.29, 1.82) is 0 Å². The predicted molar refractivity (Wildman–Crippen MR) is 92.1 cm³/mol. The Hall–Kier alpha value is -3.10. The summed E-state index contributed by atoms with van der Waals surface area (Å²) >= 11 is 0. The summed E-state index contributed by atoms with van der Waals surface area (Å²) in [4.78, 5) is 22.6. The van der Waals surface area contributed by atoms with Gasteiger partial charge in [-0.15, -0.1) is 0 Å². The molecule has 1 aliphatic rings. The number of hydrogen-bond donors (Lipinski definition) is 1. The van der Waals surface area contributed by atoms with Crippen molar-refractivity contribution in [2.24, 2.45) is 0 Å². The summed E-state index contributed by atoms with van der Waals surface area (Å²) in [6, 6.07) is 2.98. The fourth-order valence-electron chi connectivity index (χ4n) is 3.32. The van der Waals surface area contributed by atoms with Gasteiger partial charge in [0.2, 0.25) is 0 Å². The molecule has 1 fully saturated rings. The topological polar surface area (TPSA) is 84.0 Å². The fourth-order valence-corrected chi connectivity index (χ4v) is 3.32. The van der Waals surface area contributed by atoms with Crippen LogP contribution in [0.2, 0.25) is 0 Å². The number of amides is 1. The number of H-pyrrole nitrogens is 1. The van der Waals surface area contributed by atoms with E-state index in [4.69, 9.17) is 4.74 Å². The van der Waals surface area contributed by atoms with Crippen LogP contribution in [0.1, 0.15) is 24.5 Å². The van der Waals surface area contributed by atoms with Crippen molar-refractivity contribution in [3.63, 3.8) is 0 Å². The third kappa shape index (κ3) is 3.57. The average Bonchev–Trinajstić information content (AvgIpc) is 3.11. The molecule has 0 unspecified atom stereocenters. The van der Waals surface area contributed by atoms with E-state index >= 15 is 0 Å². The first-order valence-electron chi connectivity index (χ1n) is 8.62. The van der Waals surface area contributed by atoms with Crippen molar-refractivity contribution >= 4 is 17.1 Å². The quantitative estimate of drug-likeness (QED) is 0.759. The van der Waals surface area contributed by atoms with E-state index in [2.05, 4.69) is 20.2 Å². The number of fused-ring (bicyclic) bond motifs is 1. The van der Waals surface area contributed by atoms with Crippen molar-refractivity contribution in [3.05, 3.63) is 47.9 Å². The van der Waals surface area contributed by atoms with Crippen molar-refractivity contribution in [2.75, 3.05) is 19.7 Å². The van der Waals surface area contributed by atoms with Crippen LogP contribution >= 0.6 is 0 Å². The molecule has 0 aliphatic carbocycles. The van der Waals surface area contributed by atoms with Crippen LogP contribution in [0.15, 0.2) is 30.6 Å². The van der Waals surface area contributed by atoms with Crippen LogP contribution in [0, 0.1) is 11.6 Å². The molecule has 27 heavy (non-hydrogen) atoms. The van der Waals surface area contributed by atoms with Crippen LogP contribution in [0.25, 0.3) is 11.2 Å². The summed E-state index contributed by atoms with van der Waals surface area (Å²) in [7, 11) is 0. The SMILES string of the molecule is O=C(COc1ccc(F)cc1F)N1CCC[C@H](c2[nH]nc3nccnc23)C1. The normalized spacial score (nSPS) is 17.3. The molecule has 9 heteroatoms. The minimum absolute atomic E-state index is 0.0620. The van der Waals surface area contributed by atoms with E-state index in [1.54, 1.807) is 17.3 Å². The molecule has 1 atom stereocenters. The Labute approximate surface area is 153 Å². The molecule has 1 amide bonds. The Morgan fingerprint density at radius 1 is 1.30 bits per heavy atom. The smallest absolute Gasteiger partial charge is 0.260 e. The van der Waals surface area contributed by atoms with E-state index in [1.807, 2.05) is 0 Å². The first-order chi connectivity index (χ1) is 13.1. The number of hydrogen-bond acceptors (Lipinski definition) is 5. The maximum atomic E-state index is 13.6. The molecule has 1 saturated heterocycles. The predicted octanol–water partition coefficient (Wildman–Crippen LogP) is 2.42. The van der Waals surface area contributed by atoms with Crippen molar-refractivity contribution in [1.82, 2.24) is 25.1 Å². The first kappa shape index (κ1) is 17.3. The maximum Gasteiger partial charge on any atom is 0.260 e. The lowest BCUT2D eigenvalue weighted by molar-refractivity contribution is -0.134. The minimum Gasteiger partial charge on any atom is -0.481 e. The number of piperidine rings is 1. The lowest BCUT2D eigenvalue weighted by Crippen LogP contribution is -2.41. The van der Waals surface area contributed by atoms with Crippen LogP contribution in [-0.2, 0) is 4.79 Å². The van der Waals surface area contributed by atoms with Gasteiger partial charge >= 0.3 is 0 Å². The number of nitrogens with one attached hydrogen (secondary N) is 1. The molecule has 1 N–H and O–H groups in total. The van der Waals surface area contributed by atoms with Gasteiger partial charge in [0.05, 0.1) is 5.69 Å². The third-order valence-corrected chi connectivity index (χ3v) is 4.64. The highest BCUT2D eigenvalue weighted by Crippen LogP contribution is 2.29. The van der Waals surface area contributed by atoms with E-state index in [-0.39, 0.29) is 24.2 Å². The van der Waals surface area contributed by atoms with Crippen LogP contribution in [-0.4, -0.2) is 50.7 Å². The maximum absolute atomic E-state index is 13.6. The van der Waals surface area contributed by atoms with E-state index in [0.717, 1.165) is 30.7 Å². The number of carbonyl (C=O) groups is 1. The largest absolute Gasteiger partial charge is 0.481 e. The molecule has 1 aromatic carbocycles. The van der Waals surface area contributed by atoms with E-state index in [0.29, 0.717) is 24.3 Å². The Balaban J connectivity index is 1.42. The number of rotatable bonds is 4. The summed E-state index contributed by atoms with van der Waals surface area (Å²) in [5.41, 5.74) is 2.12. The molecule has 7 nitrogen and oxygen atoms in total. The second-order valence-electron chi connectivity index (χ2n) is 6.41. The summed E-state index contributed by atoms with van der Waals surface area (Å²) < 4.78 is 31.8. The van der Waals surface area contributed by atoms with E-state index in [1.165, 1.54) is 6.07 Å². The lowest BCUT2D eigenvalue weighted by atomic mass is 9.94. The number of likely N-dealkylation sites (tertiary alicyclic amines) is 1. The highest BCUT2D eigenvalue weighted by molar-refractivity contribution is 5.78. The van der Waals surface area contributed by atoms with Gasteiger partial charge in [0.1, 0.15) is 11.3 Å². The van der Waals surface area contributed by atoms with Gasteiger partial charge in [0.25, 0.3) is 5.91 Å². The molecule has 0 saturated carbocycles. The van der Waals surface area contributed by atoms with Gasteiger partial charge in [-0.2, -0.15) is 5.10 Å². The molecule has 2 aromatic heterocycles. The number of ether oxygens (including phenoxy) is 1. The Morgan fingerprint density at radius 3 is 3.00 bits per heavy atom. The van der Waals surface area contributed by atoms with Crippen LogP contribution in [0.4, 0.5) is 8.78 Å². The zero-order valence-electron chi connectivity index (χ0n) is 14.4. The molecule has 1 aliphatic heterocycles. The average molecular weight is 373 g/mol. The van der Waals surface area contributed by atoms with E-state index < -0.39 is 11.6 Å². The molecular weight excluding hydrogens is 356 g/mol. The van der Waals surface area contributed by atoms with Crippen molar-refractivity contribution in [3.8, 4) is 5.75 Å². The van der Waals surface area contributed by atoms with Crippen molar-refractivity contribution in [2.45, 2.75) is 18.8 Å². The fraction of sp³-hybridized carbons (Fsp3) is 0.333. The van der Waals surface area contributed by atoms with Crippen LogP contribution in [0.3, 0.4) is 0 Å². The van der Waals surface area contributed by atoms with Gasteiger partial charge in [0, 0.05) is 37.5 Å². The first-order valence-corrected chi connectivity index (χ1v) is 8.62. The number of nitrogens with zero attached hydrogens (tertiary/aromatic N) is 4. The summed E-state index contributed by atoms with van der Waals surface area (Å²) in [5.74, 6) is -1.86. The van der Waals surface area contributed by atoms with Crippen LogP contribution in [0.5, 0.6) is 5.75 Å². The van der Waals surface area contributed by atoms with Crippen LogP contribution < -0.4 is 4.74 Å². The van der Waals surface area contributed by atoms with Gasteiger partial charge in [-0.3, -0.25) is 9.89 Å². The number of benzene rings is 1. The zero-order valence-corrected chi connectivity index (χ0v) is 14.4. The molecule has 0 spiro atoms. The van der Waals surface area contributed by atoms with E-state index in [9.17, 15) is 13.6 Å². The molecular formula is C18H17F2N5O2. The number of aromatic nitrogens is 4. The standard InChI is InChI=1S/C18H17F2N5O2/c19-12-3-4-14(13(20)8-12)27-10-15(26)25-7-1-2-11(9-25)16-17-18(24-23-16)22-6-5-21-17/h3-6,8,11H,1-2,7,9-10H2,(H,22,23,24)/t11-/m0/s1.